The van der Waals surface area contributed by atoms with Gasteiger partial charge in [0.2, 0.25) is 0 Å². The van der Waals surface area contributed by atoms with Crippen molar-refractivity contribution in [2.45, 2.75) is 52.0 Å². The van der Waals surface area contributed by atoms with E-state index in [9.17, 15) is 5.11 Å². The average Bonchev–Trinajstić information content (AvgIpc) is 2.35. The number of hydrogen-bond donors (Lipinski definition) is 2. The van der Waals surface area contributed by atoms with Gasteiger partial charge >= 0.3 is 0 Å². The van der Waals surface area contributed by atoms with Gasteiger partial charge in [0.1, 0.15) is 0 Å². The number of nitrogens with one attached hydrogen (secondary N) is 1. The predicted molar refractivity (Wildman–Crippen MR) is 76.9 cm³/mol. The van der Waals surface area contributed by atoms with Crippen LogP contribution in [-0.4, -0.2) is 17.3 Å². The van der Waals surface area contributed by atoms with Gasteiger partial charge in [-0.25, -0.2) is 0 Å². The number of hydrogen-bond acceptors (Lipinski definition) is 2. The smallest absolute Gasteiger partial charge is 0.0661 e. The molecule has 0 spiro atoms. The van der Waals surface area contributed by atoms with Crippen molar-refractivity contribution in [1.29, 1.82) is 0 Å². The van der Waals surface area contributed by atoms with E-state index in [1.165, 1.54) is 18.4 Å². The maximum Gasteiger partial charge on any atom is 0.0661 e. The number of benzene rings is 1. The molecule has 2 rings (SSSR count). The Labute approximate surface area is 110 Å². The first kappa shape index (κ1) is 13.4. The van der Waals surface area contributed by atoms with E-state index in [1.54, 1.807) is 0 Å². The van der Waals surface area contributed by atoms with E-state index in [4.69, 9.17) is 0 Å². The molecule has 2 N–H and O–H groups in total. The second-order valence-electron chi connectivity index (χ2n) is 6.54. The third-order valence-electron chi connectivity index (χ3n) is 4.41. The van der Waals surface area contributed by atoms with Gasteiger partial charge in [-0.3, -0.25) is 0 Å². The first-order chi connectivity index (χ1) is 8.46. The summed E-state index contributed by atoms with van der Waals surface area (Å²) in [6.07, 6.45) is 4.44. The fourth-order valence-corrected chi connectivity index (χ4v) is 2.73. The lowest BCUT2D eigenvalue weighted by atomic mass is 9.69. The minimum absolute atomic E-state index is 0.123. The molecule has 18 heavy (non-hydrogen) atoms. The quantitative estimate of drug-likeness (QED) is 0.853. The van der Waals surface area contributed by atoms with Crippen LogP contribution in [0.3, 0.4) is 0 Å². The van der Waals surface area contributed by atoms with Crippen LogP contribution >= 0.6 is 0 Å². The van der Waals surface area contributed by atoms with Gasteiger partial charge in [0.05, 0.1) is 12.1 Å². The van der Waals surface area contributed by atoms with Crippen LogP contribution in [0.1, 0.15) is 45.1 Å². The molecular weight excluding hydrogens is 222 g/mol. The van der Waals surface area contributed by atoms with Crippen LogP contribution < -0.4 is 5.32 Å². The van der Waals surface area contributed by atoms with Crippen molar-refractivity contribution in [3.63, 3.8) is 0 Å². The largest absolute Gasteiger partial charge is 0.394 e. The molecular formula is C16H25NO. The number of aliphatic hydroxyl groups excluding tert-OH is 1. The van der Waals surface area contributed by atoms with Crippen molar-refractivity contribution in [3.8, 4) is 0 Å². The third kappa shape index (κ3) is 2.86. The maximum atomic E-state index is 9.80. The van der Waals surface area contributed by atoms with Crippen LogP contribution in [0.2, 0.25) is 0 Å². The van der Waals surface area contributed by atoms with Crippen molar-refractivity contribution in [3.05, 3.63) is 29.8 Å². The summed E-state index contributed by atoms with van der Waals surface area (Å²) in [5.41, 5.74) is 2.70. The first-order valence-electron chi connectivity index (χ1n) is 6.91. The van der Waals surface area contributed by atoms with Crippen molar-refractivity contribution in [2.24, 2.45) is 5.41 Å². The highest BCUT2D eigenvalue weighted by atomic mass is 16.3. The van der Waals surface area contributed by atoms with Crippen LogP contribution in [0.15, 0.2) is 24.3 Å². The fourth-order valence-electron chi connectivity index (χ4n) is 2.73. The van der Waals surface area contributed by atoms with E-state index in [0.29, 0.717) is 5.41 Å². The summed E-state index contributed by atoms with van der Waals surface area (Å²) in [5.74, 6) is 0. The van der Waals surface area contributed by atoms with Crippen LogP contribution in [-0.2, 0) is 0 Å². The Balaban J connectivity index is 2.13. The lowest BCUT2D eigenvalue weighted by molar-refractivity contribution is 0.118. The van der Waals surface area contributed by atoms with Crippen molar-refractivity contribution in [2.75, 3.05) is 11.9 Å². The number of anilines is 1. The highest BCUT2D eigenvalue weighted by Crippen LogP contribution is 2.41. The summed E-state index contributed by atoms with van der Waals surface area (Å²) in [4.78, 5) is 0. The van der Waals surface area contributed by atoms with Gasteiger partial charge in [-0.2, -0.15) is 0 Å². The highest BCUT2D eigenvalue weighted by Gasteiger charge is 2.37. The number of rotatable bonds is 3. The van der Waals surface area contributed by atoms with Crippen LogP contribution in [0.25, 0.3) is 0 Å². The zero-order chi connectivity index (χ0) is 13.2. The topological polar surface area (TPSA) is 32.3 Å². The lowest BCUT2D eigenvalue weighted by Gasteiger charge is -2.44. The molecule has 0 aliphatic heterocycles. The number of para-hydroxylation sites is 1. The molecule has 1 saturated carbocycles. The molecule has 0 unspecified atom stereocenters. The van der Waals surface area contributed by atoms with Crippen molar-refractivity contribution >= 4 is 5.69 Å². The van der Waals surface area contributed by atoms with Gasteiger partial charge in [-0.1, -0.05) is 32.0 Å². The summed E-state index contributed by atoms with van der Waals surface area (Å²) < 4.78 is 0. The van der Waals surface area contributed by atoms with Gasteiger partial charge in [0.25, 0.3) is 0 Å². The van der Waals surface area contributed by atoms with Gasteiger partial charge in [0, 0.05) is 5.69 Å². The zero-order valence-electron chi connectivity index (χ0n) is 11.8. The number of aryl methyl sites for hydroxylation is 1. The monoisotopic (exact) mass is 247 g/mol. The Hall–Kier alpha value is -1.02. The van der Waals surface area contributed by atoms with E-state index in [2.05, 4.69) is 44.3 Å². The predicted octanol–water partition coefficient (Wildman–Crippen LogP) is 3.74. The van der Waals surface area contributed by atoms with Crippen LogP contribution in [0.4, 0.5) is 5.69 Å². The molecule has 0 atom stereocenters. The molecule has 2 heteroatoms. The summed E-state index contributed by atoms with van der Waals surface area (Å²) in [7, 11) is 0. The van der Waals surface area contributed by atoms with Gasteiger partial charge in [0.15, 0.2) is 0 Å². The van der Waals surface area contributed by atoms with E-state index in [1.807, 2.05) is 6.07 Å². The average molecular weight is 247 g/mol. The molecule has 0 radical (unpaired) electrons. The molecule has 0 saturated heterocycles. The maximum absolute atomic E-state index is 9.80. The minimum Gasteiger partial charge on any atom is -0.394 e. The minimum atomic E-state index is -0.123. The Morgan fingerprint density at radius 3 is 2.28 bits per heavy atom. The molecule has 0 heterocycles. The summed E-state index contributed by atoms with van der Waals surface area (Å²) in [6.45, 7) is 6.97. The Kier molecular flexibility index (Phi) is 3.67. The normalized spacial score (nSPS) is 21.6. The summed E-state index contributed by atoms with van der Waals surface area (Å²) in [5, 5.41) is 13.4. The lowest BCUT2D eigenvalue weighted by Crippen LogP contribution is -2.47. The van der Waals surface area contributed by atoms with Gasteiger partial charge < -0.3 is 10.4 Å². The molecule has 1 aliphatic rings. The molecule has 2 nitrogen and oxygen atoms in total. The van der Waals surface area contributed by atoms with Crippen molar-refractivity contribution in [1.82, 2.24) is 0 Å². The van der Waals surface area contributed by atoms with E-state index >= 15 is 0 Å². The molecule has 0 amide bonds. The molecule has 1 aromatic carbocycles. The zero-order valence-corrected chi connectivity index (χ0v) is 11.8. The molecule has 1 fully saturated rings. The van der Waals surface area contributed by atoms with E-state index in [-0.39, 0.29) is 12.1 Å². The van der Waals surface area contributed by atoms with E-state index < -0.39 is 0 Å². The Morgan fingerprint density at radius 2 is 1.72 bits per heavy atom. The SMILES string of the molecule is Cc1ccccc1NC1(CO)CCC(C)(C)CC1. The molecule has 1 aromatic rings. The second kappa shape index (κ2) is 4.93. The highest BCUT2D eigenvalue weighted by molar-refractivity contribution is 5.52. The summed E-state index contributed by atoms with van der Waals surface area (Å²) >= 11 is 0. The molecule has 0 bridgehead atoms. The van der Waals surface area contributed by atoms with Crippen LogP contribution in [0, 0.1) is 12.3 Å². The summed E-state index contributed by atoms with van der Waals surface area (Å²) in [6, 6.07) is 8.32. The van der Waals surface area contributed by atoms with Gasteiger partial charge in [-0.05, 0) is 49.7 Å². The van der Waals surface area contributed by atoms with Gasteiger partial charge in [-0.15, -0.1) is 0 Å². The first-order valence-corrected chi connectivity index (χ1v) is 6.91. The Morgan fingerprint density at radius 1 is 1.11 bits per heavy atom. The molecule has 100 valence electrons. The van der Waals surface area contributed by atoms with Crippen molar-refractivity contribution < 1.29 is 5.11 Å². The fraction of sp³-hybridized carbons (Fsp3) is 0.625. The third-order valence-corrected chi connectivity index (χ3v) is 4.41. The Bertz CT molecular complexity index is 401. The van der Waals surface area contributed by atoms with Crippen LogP contribution in [0.5, 0.6) is 0 Å². The van der Waals surface area contributed by atoms with E-state index in [0.717, 1.165) is 18.5 Å². The molecule has 0 aromatic heterocycles. The molecule has 1 aliphatic carbocycles. The second-order valence-corrected chi connectivity index (χ2v) is 6.54. The standard InChI is InChI=1S/C16H25NO/c1-13-6-4-5-7-14(13)17-16(12-18)10-8-15(2,3)9-11-16/h4-7,17-18H,8-12H2,1-3H3. The number of aliphatic hydroxyl groups is 1.